The SMILES string of the molecule is CSC(=O)[C@@H](N)CC(N)=O. The van der Waals surface area contributed by atoms with E-state index >= 15 is 0 Å². The van der Waals surface area contributed by atoms with Crippen molar-refractivity contribution in [2.45, 2.75) is 12.5 Å². The van der Waals surface area contributed by atoms with Gasteiger partial charge in [-0.05, 0) is 6.26 Å². The van der Waals surface area contributed by atoms with Crippen LogP contribution in [0.3, 0.4) is 0 Å². The van der Waals surface area contributed by atoms with E-state index in [0.29, 0.717) is 0 Å². The van der Waals surface area contributed by atoms with Gasteiger partial charge in [0.2, 0.25) is 11.0 Å². The molecule has 0 aliphatic rings. The minimum Gasteiger partial charge on any atom is -0.370 e. The number of carbonyl (C=O) groups excluding carboxylic acids is 2. The lowest BCUT2D eigenvalue weighted by atomic mass is 10.2. The first-order chi connectivity index (χ1) is 4.57. The molecule has 0 bridgehead atoms. The lowest BCUT2D eigenvalue weighted by Crippen LogP contribution is -2.33. The third-order valence-electron chi connectivity index (χ3n) is 0.925. The van der Waals surface area contributed by atoms with E-state index in [1.807, 2.05) is 0 Å². The van der Waals surface area contributed by atoms with Crippen LogP contribution >= 0.6 is 11.8 Å². The highest BCUT2D eigenvalue weighted by Crippen LogP contribution is 2.00. The van der Waals surface area contributed by atoms with Gasteiger partial charge in [-0.25, -0.2) is 0 Å². The van der Waals surface area contributed by atoms with Crippen LogP contribution in [0.2, 0.25) is 0 Å². The van der Waals surface area contributed by atoms with Crippen molar-refractivity contribution < 1.29 is 9.59 Å². The van der Waals surface area contributed by atoms with Gasteiger partial charge in [-0.2, -0.15) is 0 Å². The van der Waals surface area contributed by atoms with Crippen molar-refractivity contribution in [1.29, 1.82) is 0 Å². The fraction of sp³-hybridized carbons (Fsp3) is 0.600. The highest BCUT2D eigenvalue weighted by Gasteiger charge is 2.13. The smallest absolute Gasteiger partial charge is 0.219 e. The molecule has 4 nitrogen and oxygen atoms in total. The van der Waals surface area contributed by atoms with Crippen LogP contribution in [0.4, 0.5) is 0 Å². The number of primary amides is 1. The molecule has 0 heterocycles. The lowest BCUT2D eigenvalue weighted by Gasteiger charge is -2.03. The summed E-state index contributed by atoms with van der Waals surface area (Å²) in [5.41, 5.74) is 10.1. The molecule has 1 atom stereocenters. The Labute approximate surface area is 63.3 Å². The first-order valence-corrected chi connectivity index (χ1v) is 3.92. The maximum atomic E-state index is 10.7. The van der Waals surface area contributed by atoms with Crippen molar-refractivity contribution in [3.05, 3.63) is 0 Å². The molecule has 0 aromatic rings. The molecule has 0 aromatic carbocycles. The predicted molar refractivity (Wildman–Crippen MR) is 40.3 cm³/mol. The van der Waals surface area contributed by atoms with Gasteiger partial charge < -0.3 is 11.5 Å². The van der Waals surface area contributed by atoms with Crippen LogP contribution in [-0.2, 0) is 9.59 Å². The quantitative estimate of drug-likeness (QED) is 0.562. The molecular formula is C5H10N2O2S. The Morgan fingerprint density at radius 3 is 2.40 bits per heavy atom. The molecule has 0 saturated carbocycles. The van der Waals surface area contributed by atoms with Gasteiger partial charge in [0.15, 0.2) is 0 Å². The van der Waals surface area contributed by atoms with Crippen LogP contribution in [0.15, 0.2) is 0 Å². The second-order valence-corrected chi connectivity index (χ2v) is 2.61. The fourth-order valence-corrected chi connectivity index (χ4v) is 0.838. The molecule has 10 heavy (non-hydrogen) atoms. The Kier molecular flexibility index (Phi) is 4.06. The zero-order chi connectivity index (χ0) is 8.15. The van der Waals surface area contributed by atoms with Crippen LogP contribution in [0.25, 0.3) is 0 Å². The molecular weight excluding hydrogens is 152 g/mol. The molecule has 0 aliphatic heterocycles. The Morgan fingerprint density at radius 2 is 2.10 bits per heavy atom. The van der Waals surface area contributed by atoms with Crippen molar-refractivity contribution in [3.8, 4) is 0 Å². The summed E-state index contributed by atoms with van der Waals surface area (Å²) in [5, 5.41) is -0.209. The van der Waals surface area contributed by atoms with Crippen LogP contribution in [-0.4, -0.2) is 23.3 Å². The molecule has 0 fully saturated rings. The third-order valence-corrected chi connectivity index (χ3v) is 1.63. The standard InChI is InChI=1S/C5H10N2O2S/c1-10-5(9)3(6)2-4(7)8/h3H,2,6H2,1H3,(H2,7,8)/t3-/m0/s1. The van der Waals surface area contributed by atoms with Gasteiger partial charge >= 0.3 is 0 Å². The van der Waals surface area contributed by atoms with E-state index in [9.17, 15) is 9.59 Å². The minimum absolute atomic E-state index is 0.0698. The number of hydrogen-bond donors (Lipinski definition) is 2. The van der Waals surface area contributed by atoms with Crippen LogP contribution in [0.1, 0.15) is 6.42 Å². The number of rotatable bonds is 3. The summed E-state index contributed by atoms with van der Waals surface area (Å²) < 4.78 is 0. The number of amides is 1. The summed E-state index contributed by atoms with van der Waals surface area (Å²) in [4.78, 5) is 20.9. The maximum Gasteiger partial charge on any atom is 0.219 e. The third kappa shape index (κ3) is 3.47. The monoisotopic (exact) mass is 162 g/mol. The molecule has 4 N–H and O–H groups in total. The van der Waals surface area contributed by atoms with Gasteiger partial charge in [0.25, 0.3) is 0 Å². The lowest BCUT2D eigenvalue weighted by molar-refractivity contribution is -0.121. The second kappa shape index (κ2) is 4.29. The molecule has 0 saturated heterocycles. The molecule has 0 aromatic heterocycles. The summed E-state index contributed by atoms with van der Waals surface area (Å²) in [6, 6.07) is -0.743. The van der Waals surface area contributed by atoms with Gasteiger partial charge in [-0.15, -0.1) is 0 Å². The highest BCUT2D eigenvalue weighted by atomic mass is 32.2. The fourth-order valence-electron chi connectivity index (χ4n) is 0.451. The Morgan fingerprint density at radius 1 is 1.60 bits per heavy atom. The van der Waals surface area contributed by atoms with E-state index in [1.165, 1.54) is 0 Å². The van der Waals surface area contributed by atoms with E-state index in [1.54, 1.807) is 6.26 Å². The molecule has 1 amide bonds. The van der Waals surface area contributed by atoms with Gasteiger partial charge in [-0.3, -0.25) is 9.59 Å². The Balaban J connectivity index is 3.72. The molecule has 0 unspecified atom stereocenters. The minimum atomic E-state index is -0.743. The van der Waals surface area contributed by atoms with Crippen LogP contribution < -0.4 is 11.5 Å². The summed E-state index contributed by atoms with van der Waals surface area (Å²) >= 11 is 1.00. The first-order valence-electron chi connectivity index (χ1n) is 2.69. The van der Waals surface area contributed by atoms with E-state index in [4.69, 9.17) is 11.5 Å². The largest absolute Gasteiger partial charge is 0.370 e. The molecule has 5 heteroatoms. The average molecular weight is 162 g/mol. The van der Waals surface area contributed by atoms with Crippen molar-refractivity contribution in [2.24, 2.45) is 11.5 Å². The molecule has 0 radical (unpaired) electrons. The van der Waals surface area contributed by atoms with E-state index in [0.717, 1.165) is 11.8 Å². The molecule has 0 aliphatic carbocycles. The topological polar surface area (TPSA) is 86.2 Å². The number of hydrogen-bond acceptors (Lipinski definition) is 4. The summed E-state index contributed by atoms with van der Waals surface area (Å²) in [6.45, 7) is 0. The Bertz CT molecular complexity index is 149. The maximum absolute atomic E-state index is 10.7. The van der Waals surface area contributed by atoms with Crippen molar-refractivity contribution in [3.63, 3.8) is 0 Å². The van der Waals surface area contributed by atoms with Crippen molar-refractivity contribution in [1.82, 2.24) is 0 Å². The summed E-state index contributed by atoms with van der Waals surface area (Å²) in [7, 11) is 0. The second-order valence-electron chi connectivity index (χ2n) is 1.80. The van der Waals surface area contributed by atoms with Gasteiger partial charge in [0.1, 0.15) is 0 Å². The summed E-state index contributed by atoms with van der Waals surface area (Å²) in [6.07, 6.45) is 1.54. The van der Waals surface area contributed by atoms with E-state index in [-0.39, 0.29) is 11.5 Å². The predicted octanol–water partition coefficient (Wildman–Crippen LogP) is -0.921. The Hall–Kier alpha value is -0.550. The average Bonchev–Trinajstić information content (AvgIpc) is 1.85. The normalized spacial score (nSPS) is 12.6. The highest BCUT2D eigenvalue weighted by molar-refractivity contribution is 8.13. The van der Waals surface area contributed by atoms with Crippen molar-refractivity contribution >= 4 is 22.8 Å². The van der Waals surface area contributed by atoms with Crippen molar-refractivity contribution in [2.75, 3.05) is 6.26 Å². The first kappa shape index (κ1) is 9.45. The zero-order valence-electron chi connectivity index (χ0n) is 5.66. The van der Waals surface area contributed by atoms with Gasteiger partial charge in [0, 0.05) is 6.42 Å². The van der Waals surface area contributed by atoms with Gasteiger partial charge in [0.05, 0.1) is 6.04 Å². The number of nitrogens with two attached hydrogens (primary N) is 2. The van der Waals surface area contributed by atoms with Gasteiger partial charge in [-0.1, -0.05) is 11.8 Å². The van der Waals surface area contributed by atoms with Crippen LogP contribution in [0.5, 0.6) is 0 Å². The number of carbonyl (C=O) groups is 2. The molecule has 0 spiro atoms. The van der Waals surface area contributed by atoms with E-state index in [2.05, 4.69) is 0 Å². The zero-order valence-corrected chi connectivity index (χ0v) is 6.48. The number of thioether (sulfide) groups is 1. The molecule has 0 rings (SSSR count). The van der Waals surface area contributed by atoms with E-state index < -0.39 is 11.9 Å². The van der Waals surface area contributed by atoms with Crippen LogP contribution in [0, 0.1) is 0 Å². The molecule has 58 valence electrons. The summed E-state index contributed by atoms with van der Waals surface area (Å²) in [5.74, 6) is -0.546.